The monoisotopic (exact) mass is 313 g/mol. The van der Waals surface area contributed by atoms with Gasteiger partial charge in [0.25, 0.3) is 0 Å². The normalized spacial score (nSPS) is 24.2. The SMILES string of the molecule is CCNC1CCCC(Cc2ccc(F)c(Br)c2)C1. The van der Waals surface area contributed by atoms with E-state index in [1.807, 2.05) is 12.1 Å². The van der Waals surface area contributed by atoms with Crippen LogP contribution in [0.4, 0.5) is 4.39 Å². The lowest BCUT2D eigenvalue weighted by Crippen LogP contribution is -2.34. The van der Waals surface area contributed by atoms with Crippen LogP contribution in [0.15, 0.2) is 22.7 Å². The number of nitrogens with one attached hydrogen (secondary N) is 1. The molecule has 18 heavy (non-hydrogen) atoms. The van der Waals surface area contributed by atoms with Crippen molar-refractivity contribution in [1.82, 2.24) is 5.32 Å². The van der Waals surface area contributed by atoms with Crippen molar-refractivity contribution < 1.29 is 4.39 Å². The Bertz CT molecular complexity index is 392. The summed E-state index contributed by atoms with van der Waals surface area (Å²) in [5.74, 6) is 0.563. The highest BCUT2D eigenvalue weighted by molar-refractivity contribution is 9.10. The van der Waals surface area contributed by atoms with Gasteiger partial charge in [-0.15, -0.1) is 0 Å². The van der Waals surface area contributed by atoms with Gasteiger partial charge in [-0.3, -0.25) is 0 Å². The smallest absolute Gasteiger partial charge is 0.137 e. The van der Waals surface area contributed by atoms with Crippen molar-refractivity contribution in [3.8, 4) is 0 Å². The van der Waals surface area contributed by atoms with Crippen LogP contribution in [-0.2, 0) is 6.42 Å². The summed E-state index contributed by atoms with van der Waals surface area (Å²) in [6.45, 7) is 3.22. The Kier molecular flexibility index (Phi) is 5.19. The summed E-state index contributed by atoms with van der Waals surface area (Å²) in [4.78, 5) is 0. The molecular formula is C15H21BrFN. The fourth-order valence-corrected chi connectivity index (χ4v) is 3.38. The van der Waals surface area contributed by atoms with Crippen molar-refractivity contribution in [3.63, 3.8) is 0 Å². The van der Waals surface area contributed by atoms with Crippen molar-refractivity contribution in [2.24, 2.45) is 5.92 Å². The van der Waals surface area contributed by atoms with Gasteiger partial charge in [0, 0.05) is 6.04 Å². The Morgan fingerprint density at radius 2 is 2.22 bits per heavy atom. The molecule has 2 unspecified atom stereocenters. The standard InChI is InChI=1S/C15H21BrFN/c1-2-18-13-5-3-4-11(9-13)8-12-6-7-15(17)14(16)10-12/h6-7,10-11,13,18H,2-5,8-9H2,1H3. The zero-order valence-corrected chi connectivity index (χ0v) is 12.5. The first-order valence-electron chi connectivity index (χ1n) is 6.86. The summed E-state index contributed by atoms with van der Waals surface area (Å²) in [6, 6.07) is 6.07. The van der Waals surface area contributed by atoms with Crippen LogP contribution in [0.5, 0.6) is 0 Å². The summed E-state index contributed by atoms with van der Waals surface area (Å²) in [7, 11) is 0. The molecule has 0 spiro atoms. The summed E-state index contributed by atoms with van der Waals surface area (Å²) < 4.78 is 13.8. The van der Waals surface area contributed by atoms with E-state index in [0.29, 0.717) is 10.5 Å². The fraction of sp³-hybridized carbons (Fsp3) is 0.600. The molecule has 0 aliphatic heterocycles. The second kappa shape index (κ2) is 6.67. The predicted molar refractivity (Wildman–Crippen MR) is 77.2 cm³/mol. The molecular weight excluding hydrogens is 293 g/mol. The highest BCUT2D eigenvalue weighted by atomic mass is 79.9. The van der Waals surface area contributed by atoms with E-state index in [-0.39, 0.29) is 5.82 Å². The van der Waals surface area contributed by atoms with Crippen molar-refractivity contribution in [3.05, 3.63) is 34.1 Å². The summed E-state index contributed by atoms with van der Waals surface area (Å²) >= 11 is 3.26. The molecule has 0 saturated heterocycles. The third-order valence-electron chi connectivity index (χ3n) is 3.78. The number of halogens is 2. The van der Waals surface area contributed by atoms with Gasteiger partial charge in [0.05, 0.1) is 4.47 Å². The van der Waals surface area contributed by atoms with Crippen LogP contribution >= 0.6 is 15.9 Å². The molecule has 3 heteroatoms. The number of benzene rings is 1. The first kappa shape index (κ1) is 14.0. The Hall–Kier alpha value is -0.410. The van der Waals surface area contributed by atoms with Gasteiger partial charge in [0.15, 0.2) is 0 Å². The molecule has 2 atom stereocenters. The molecule has 1 aliphatic rings. The van der Waals surface area contributed by atoms with E-state index < -0.39 is 0 Å². The van der Waals surface area contributed by atoms with Crippen LogP contribution in [0.3, 0.4) is 0 Å². The molecule has 100 valence electrons. The molecule has 0 bridgehead atoms. The van der Waals surface area contributed by atoms with Gasteiger partial charge in [0.1, 0.15) is 5.82 Å². The third-order valence-corrected chi connectivity index (χ3v) is 4.39. The summed E-state index contributed by atoms with van der Waals surface area (Å²) in [6.07, 6.45) is 6.24. The molecule has 2 rings (SSSR count). The van der Waals surface area contributed by atoms with Crippen LogP contribution in [0.2, 0.25) is 0 Å². The van der Waals surface area contributed by atoms with Crippen molar-refractivity contribution >= 4 is 15.9 Å². The average Bonchev–Trinajstić information content (AvgIpc) is 2.35. The number of rotatable bonds is 4. The maximum atomic E-state index is 13.2. The zero-order chi connectivity index (χ0) is 13.0. The first-order chi connectivity index (χ1) is 8.69. The lowest BCUT2D eigenvalue weighted by atomic mass is 9.82. The Morgan fingerprint density at radius 3 is 2.94 bits per heavy atom. The Labute approximate surface area is 117 Å². The molecule has 1 saturated carbocycles. The van der Waals surface area contributed by atoms with Crippen LogP contribution in [0.1, 0.15) is 38.2 Å². The second-order valence-electron chi connectivity index (χ2n) is 5.24. The molecule has 0 amide bonds. The van der Waals surface area contributed by atoms with Gasteiger partial charge in [-0.25, -0.2) is 4.39 Å². The number of hydrogen-bond donors (Lipinski definition) is 1. The molecule has 1 aliphatic carbocycles. The second-order valence-corrected chi connectivity index (χ2v) is 6.09. The van der Waals surface area contributed by atoms with Gasteiger partial charge in [-0.05, 0) is 65.4 Å². The van der Waals surface area contributed by atoms with Gasteiger partial charge < -0.3 is 5.32 Å². The molecule has 1 aromatic carbocycles. The lowest BCUT2D eigenvalue weighted by molar-refractivity contribution is 0.287. The van der Waals surface area contributed by atoms with Gasteiger partial charge in [0.2, 0.25) is 0 Å². The van der Waals surface area contributed by atoms with E-state index in [0.717, 1.165) is 18.9 Å². The third kappa shape index (κ3) is 3.79. The maximum Gasteiger partial charge on any atom is 0.137 e. The molecule has 1 aromatic rings. The zero-order valence-electron chi connectivity index (χ0n) is 10.9. The molecule has 0 heterocycles. The lowest BCUT2D eigenvalue weighted by Gasteiger charge is -2.29. The van der Waals surface area contributed by atoms with E-state index in [9.17, 15) is 4.39 Å². The molecule has 0 radical (unpaired) electrons. The summed E-state index contributed by atoms with van der Waals surface area (Å²) in [5, 5.41) is 3.55. The van der Waals surface area contributed by atoms with Crippen LogP contribution in [0, 0.1) is 11.7 Å². The van der Waals surface area contributed by atoms with E-state index in [4.69, 9.17) is 0 Å². The van der Waals surface area contributed by atoms with Crippen LogP contribution < -0.4 is 5.32 Å². The predicted octanol–water partition coefficient (Wildman–Crippen LogP) is 4.30. The highest BCUT2D eigenvalue weighted by Crippen LogP contribution is 2.28. The van der Waals surface area contributed by atoms with Gasteiger partial charge in [-0.2, -0.15) is 0 Å². The minimum Gasteiger partial charge on any atom is -0.314 e. The molecule has 1 fully saturated rings. The highest BCUT2D eigenvalue weighted by Gasteiger charge is 2.21. The average molecular weight is 314 g/mol. The minimum absolute atomic E-state index is 0.173. The summed E-state index contributed by atoms with van der Waals surface area (Å²) in [5.41, 5.74) is 1.24. The van der Waals surface area contributed by atoms with Gasteiger partial charge >= 0.3 is 0 Å². The molecule has 0 aromatic heterocycles. The Balaban J connectivity index is 1.93. The van der Waals surface area contributed by atoms with E-state index in [2.05, 4.69) is 28.2 Å². The van der Waals surface area contributed by atoms with Crippen LogP contribution in [0.25, 0.3) is 0 Å². The minimum atomic E-state index is -0.173. The quantitative estimate of drug-likeness (QED) is 0.874. The van der Waals surface area contributed by atoms with Crippen molar-refractivity contribution in [2.75, 3.05) is 6.54 Å². The molecule has 1 N–H and O–H groups in total. The topological polar surface area (TPSA) is 12.0 Å². The largest absolute Gasteiger partial charge is 0.314 e. The maximum absolute atomic E-state index is 13.2. The van der Waals surface area contributed by atoms with Crippen molar-refractivity contribution in [2.45, 2.75) is 45.1 Å². The Morgan fingerprint density at radius 1 is 1.39 bits per heavy atom. The van der Waals surface area contributed by atoms with Crippen LogP contribution in [-0.4, -0.2) is 12.6 Å². The van der Waals surface area contributed by atoms with E-state index in [1.165, 1.54) is 31.2 Å². The fourth-order valence-electron chi connectivity index (χ4n) is 2.95. The number of hydrogen-bond acceptors (Lipinski definition) is 1. The van der Waals surface area contributed by atoms with Crippen molar-refractivity contribution in [1.29, 1.82) is 0 Å². The van der Waals surface area contributed by atoms with E-state index >= 15 is 0 Å². The van der Waals surface area contributed by atoms with E-state index in [1.54, 1.807) is 6.07 Å². The first-order valence-corrected chi connectivity index (χ1v) is 7.65. The molecule has 1 nitrogen and oxygen atoms in total. The van der Waals surface area contributed by atoms with Gasteiger partial charge in [-0.1, -0.05) is 25.8 Å².